The zero-order valence-electron chi connectivity index (χ0n) is 19.4. The van der Waals surface area contributed by atoms with Gasteiger partial charge in [-0.2, -0.15) is 4.31 Å². The van der Waals surface area contributed by atoms with Crippen molar-refractivity contribution in [2.24, 2.45) is 5.92 Å². The maximum Gasteiger partial charge on any atom is 0.243 e. The summed E-state index contributed by atoms with van der Waals surface area (Å²) < 4.78 is 28.0. The van der Waals surface area contributed by atoms with E-state index in [9.17, 15) is 18.0 Å². The highest BCUT2D eigenvalue weighted by atomic mass is 32.2. The fourth-order valence-corrected chi connectivity index (χ4v) is 6.00. The molecule has 2 amide bonds. The van der Waals surface area contributed by atoms with Crippen molar-refractivity contribution in [1.29, 1.82) is 0 Å². The van der Waals surface area contributed by atoms with Gasteiger partial charge in [-0.15, -0.1) is 0 Å². The van der Waals surface area contributed by atoms with E-state index >= 15 is 0 Å². The second kappa shape index (κ2) is 8.91. The van der Waals surface area contributed by atoms with E-state index in [0.29, 0.717) is 36.8 Å². The first kappa shape index (κ1) is 23.4. The number of nitrogens with zero attached hydrogens (tertiary/aromatic N) is 2. The van der Waals surface area contributed by atoms with Crippen LogP contribution in [-0.4, -0.2) is 44.2 Å². The molecule has 2 aromatic rings. The number of anilines is 1. The van der Waals surface area contributed by atoms with Gasteiger partial charge in [-0.05, 0) is 61.9 Å². The van der Waals surface area contributed by atoms with Crippen LogP contribution >= 0.6 is 0 Å². The predicted octanol–water partition coefficient (Wildman–Crippen LogP) is 3.05. The minimum atomic E-state index is -3.63. The minimum absolute atomic E-state index is 0.113. The molecular weight excluding hydrogens is 438 g/mol. The number of benzene rings is 2. The lowest BCUT2D eigenvalue weighted by atomic mass is 9.86. The van der Waals surface area contributed by atoms with Gasteiger partial charge in [0.1, 0.15) is 6.54 Å². The largest absolute Gasteiger partial charge is 0.350 e. The number of piperidine rings is 1. The molecule has 0 spiro atoms. The summed E-state index contributed by atoms with van der Waals surface area (Å²) in [6.45, 7) is 6.97. The van der Waals surface area contributed by atoms with Crippen molar-refractivity contribution in [3.63, 3.8) is 0 Å². The van der Waals surface area contributed by atoms with Crippen molar-refractivity contribution in [2.75, 3.05) is 24.5 Å². The number of amides is 2. The lowest BCUT2D eigenvalue weighted by Gasteiger charge is -2.29. The van der Waals surface area contributed by atoms with Crippen molar-refractivity contribution < 1.29 is 18.0 Å². The maximum absolute atomic E-state index is 13.2. The Bertz CT molecular complexity index is 1150. The third kappa shape index (κ3) is 4.54. The van der Waals surface area contributed by atoms with E-state index in [4.69, 9.17) is 0 Å². The Morgan fingerprint density at radius 3 is 2.42 bits per heavy atom. The summed E-state index contributed by atoms with van der Waals surface area (Å²) in [6.07, 6.45) is 1.69. The molecule has 8 heteroatoms. The van der Waals surface area contributed by atoms with Crippen LogP contribution in [-0.2, 0) is 31.6 Å². The molecule has 0 aromatic heterocycles. The molecule has 0 saturated carbocycles. The summed E-state index contributed by atoms with van der Waals surface area (Å²) in [4.78, 5) is 27.4. The molecule has 4 rings (SSSR count). The number of rotatable bonds is 6. The van der Waals surface area contributed by atoms with E-state index in [0.717, 1.165) is 18.4 Å². The molecule has 0 radical (unpaired) electrons. The van der Waals surface area contributed by atoms with Crippen molar-refractivity contribution in [1.82, 2.24) is 9.62 Å². The van der Waals surface area contributed by atoms with Gasteiger partial charge in [0.25, 0.3) is 0 Å². The Labute approximate surface area is 195 Å². The Balaban J connectivity index is 1.54. The molecule has 33 heavy (non-hydrogen) atoms. The van der Waals surface area contributed by atoms with Crippen LogP contribution in [0.15, 0.2) is 53.4 Å². The van der Waals surface area contributed by atoms with Crippen LogP contribution in [0.5, 0.6) is 0 Å². The zero-order valence-corrected chi connectivity index (χ0v) is 20.2. The standard InChI is InChI=1S/C25H31N3O4S/c1-18-11-13-27(14-12-18)33(31,32)20-9-10-22-21(15-20)25(2,3)24(30)28(22)17-23(29)26-16-19-7-5-4-6-8-19/h4-10,15,18H,11-14,16-17H2,1-3H3,(H,26,29). The highest BCUT2D eigenvalue weighted by Crippen LogP contribution is 2.42. The molecule has 0 aliphatic carbocycles. The van der Waals surface area contributed by atoms with Crippen LogP contribution in [0.3, 0.4) is 0 Å². The van der Waals surface area contributed by atoms with Crippen LogP contribution < -0.4 is 10.2 Å². The van der Waals surface area contributed by atoms with Gasteiger partial charge >= 0.3 is 0 Å². The van der Waals surface area contributed by atoms with Gasteiger partial charge in [-0.25, -0.2) is 8.42 Å². The quantitative estimate of drug-likeness (QED) is 0.705. The van der Waals surface area contributed by atoms with Gasteiger partial charge < -0.3 is 10.2 Å². The van der Waals surface area contributed by atoms with Gasteiger partial charge in [0.15, 0.2) is 0 Å². The van der Waals surface area contributed by atoms with E-state index in [2.05, 4.69) is 12.2 Å². The van der Waals surface area contributed by atoms with Gasteiger partial charge in [0.2, 0.25) is 21.8 Å². The van der Waals surface area contributed by atoms with Crippen LogP contribution in [0.2, 0.25) is 0 Å². The molecule has 7 nitrogen and oxygen atoms in total. The fraction of sp³-hybridized carbons (Fsp3) is 0.440. The number of fused-ring (bicyclic) bond motifs is 1. The van der Waals surface area contributed by atoms with E-state index in [1.54, 1.807) is 32.0 Å². The number of hydrogen-bond acceptors (Lipinski definition) is 4. The highest BCUT2D eigenvalue weighted by molar-refractivity contribution is 7.89. The van der Waals surface area contributed by atoms with Gasteiger partial charge in [-0.1, -0.05) is 37.3 Å². The van der Waals surface area contributed by atoms with Gasteiger partial charge in [0.05, 0.1) is 10.3 Å². The molecule has 1 N–H and O–H groups in total. The SMILES string of the molecule is CC1CCN(S(=O)(=O)c2ccc3c(c2)C(C)(C)C(=O)N3CC(=O)NCc2ccccc2)CC1. The molecule has 2 heterocycles. The maximum atomic E-state index is 13.2. The zero-order chi connectivity index (χ0) is 23.8. The van der Waals surface area contributed by atoms with E-state index in [1.165, 1.54) is 9.21 Å². The number of nitrogens with one attached hydrogen (secondary N) is 1. The smallest absolute Gasteiger partial charge is 0.243 e. The predicted molar refractivity (Wildman–Crippen MR) is 127 cm³/mol. The number of carbonyl (C=O) groups excluding carboxylic acids is 2. The number of hydrogen-bond donors (Lipinski definition) is 1. The Morgan fingerprint density at radius 2 is 1.76 bits per heavy atom. The Kier molecular flexibility index (Phi) is 6.33. The van der Waals surface area contributed by atoms with Crippen molar-refractivity contribution in [3.05, 3.63) is 59.7 Å². The van der Waals surface area contributed by atoms with Gasteiger partial charge in [0, 0.05) is 25.3 Å². The summed E-state index contributed by atoms with van der Waals surface area (Å²) in [5, 5.41) is 2.85. The third-order valence-electron chi connectivity index (χ3n) is 6.73. The normalized spacial score (nSPS) is 18.9. The van der Waals surface area contributed by atoms with Crippen molar-refractivity contribution >= 4 is 27.5 Å². The summed E-state index contributed by atoms with van der Waals surface area (Å²) in [6, 6.07) is 14.4. The lowest BCUT2D eigenvalue weighted by molar-refractivity contribution is -0.125. The summed E-state index contributed by atoms with van der Waals surface area (Å²) in [5.74, 6) is 0.0401. The molecular formula is C25H31N3O4S. The first-order valence-electron chi connectivity index (χ1n) is 11.4. The van der Waals surface area contributed by atoms with E-state index < -0.39 is 15.4 Å². The Hall–Kier alpha value is -2.71. The summed E-state index contributed by atoms with van der Waals surface area (Å²) in [7, 11) is -3.63. The second-order valence-electron chi connectivity index (χ2n) is 9.54. The molecule has 0 unspecified atom stereocenters. The topological polar surface area (TPSA) is 86.8 Å². The fourth-order valence-electron chi connectivity index (χ4n) is 4.50. The first-order chi connectivity index (χ1) is 15.6. The average Bonchev–Trinajstić information content (AvgIpc) is 2.99. The highest BCUT2D eigenvalue weighted by Gasteiger charge is 2.45. The Morgan fingerprint density at radius 1 is 1.09 bits per heavy atom. The molecule has 0 atom stereocenters. The van der Waals surface area contributed by atoms with Crippen LogP contribution in [0.1, 0.15) is 44.7 Å². The molecule has 2 aromatic carbocycles. The number of carbonyl (C=O) groups is 2. The van der Waals surface area contributed by atoms with Crippen LogP contribution in [0.25, 0.3) is 0 Å². The molecule has 176 valence electrons. The van der Waals surface area contributed by atoms with E-state index in [1.807, 2.05) is 30.3 Å². The second-order valence-corrected chi connectivity index (χ2v) is 11.5. The molecule has 0 bridgehead atoms. The van der Waals surface area contributed by atoms with Crippen LogP contribution in [0.4, 0.5) is 5.69 Å². The van der Waals surface area contributed by atoms with Crippen molar-refractivity contribution in [2.45, 2.75) is 50.5 Å². The molecule has 2 aliphatic rings. The van der Waals surface area contributed by atoms with Crippen LogP contribution in [0, 0.1) is 5.92 Å². The third-order valence-corrected chi connectivity index (χ3v) is 8.62. The summed E-state index contributed by atoms with van der Waals surface area (Å²) >= 11 is 0. The van der Waals surface area contributed by atoms with E-state index in [-0.39, 0.29) is 23.3 Å². The van der Waals surface area contributed by atoms with Crippen molar-refractivity contribution in [3.8, 4) is 0 Å². The minimum Gasteiger partial charge on any atom is -0.350 e. The molecule has 1 fully saturated rings. The molecule has 2 aliphatic heterocycles. The number of sulfonamides is 1. The summed E-state index contributed by atoms with van der Waals surface area (Å²) in [5.41, 5.74) is 1.28. The molecule has 1 saturated heterocycles. The monoisotopic (exact) mass is 469 g/mol. The van der Waals surface area contributed by atoms with Gasteiger partial charge in [-0.3, -0.25) is 9.59 Å². The lowest BCUT2D eigenvalue weighted by Crippen LogP contribution is -2.42. The first-order valence-corrected chi connectivity index (χ1v) is 12.8. The average molecular weight is 470 g/mol.